The molecule has 1 fully saturated rings. The third-order valence-electron chi connectivity index (χ3n) is 5.43. The summed E-state index contributed by atoms with van der Waals surface area (Å²) in [5.74, 6) is 0.827. The van der Waals surface area contributed by atoms with Gasteiger partial charge in [-0.2, -0.15) is 5.10 Å². The van der Waals surface area contributed by atoms with Gasteiger partial charge < -0.3 is 19.8 Å². The highest BCUT2D eigenvalue weighted by Gasteiger charge is 2.38. The smallest absolute Gasteiger partial charge is 0.315 e. The minimum absolute atomic E-state index is 0.0538. The van der Waals surface area contributed by atoms with E-state index in [2.05, 4.69) is 22.4 Å². The van der Waals surface area contributed by atoms with E-state index < -0.39 is 4.92 Å². The summed E-state index contributed by atoms with van der Waals surface area (Å²) in [5, 5.41) is 16.2. The fourth-order valence-electron chi connectivity index (χ4n) is 3.98. The zero-order valence-corrected chi connectivity index (χ0v) is 16.9. The van der Waals surface area contributed by atoms with E-state index >= 15 is 0 Å². The van der Waals surface area contributed by atoms with Gasteiger partial charge in [-0.05, 0) is 31.0 Å². The van der Waals surface area contributed by atoms with Crippen LogP contribution in [0.5, 0.6) is 11.5 Å². The van der Waals surface area contributed by atoms with Crippen molar-refractivity contribution < 1.29 is 14.4 Å². The molecular weight excluding hydrogens is 360 g/mol. The average molecular weight is 390 g/mol. The lowest BCUT2D eigenvalue weighted by Gasteiger charge is -2.33. The van der Waals surface area contributed by atoms with Crippen LogP contribution in [0.1, 0.15) is 51.1 Å². The van der Waals surface area contributed by atoms with Crippen LogP contribution in [-0.2, 0) is 0 Å². The molecule has 0 saturated carbocycles. The van der Waals surface area contributed by atoms with Crippen LogP contribution < -0.4 is 14.9 Å². The van der Waals surface area contributed by atoms with E-state index in [-0.39, 0.29) is 23.4 Å². The summed E-state index contributed by atoms with van der Waals surface area (Å²) >= 11 is 0. The number of ether oxygens (including phenoxy) is 2. The Labute approximate surface area is 166 Å². The minimum atomic E-state index is -0.395. The molecule has 2 heterocycles. The van der Waals surface area contributed by atoms with E-state index in [9.17, 15) is 10.1 Å². The quantitative estimate of drug-likeness (QED) is 0.394. The van der Waals surface area contributed by atoms with Crippen LogP contribution >= 0.6 is 0 Å². The highest BCUT2D eigenvalue weighted by atomic mass is 16.6. The molecule has 0 aromatic heterocycles. The van der Waals surface area contributed by atoms with Crippen molar-refractivity contribution in [3.05, 3.63) is 27.8 Å². The summed E-state index contributed by atoms with van der Waals surface area (Å²) < 4.78 is 11.2. The molecule has 154 valence electrons. The Hall–Kier alpha value is -2.35. The van der Waals surface area contributed by atoms with Crippen LogP contribution in [-0.4, -0.2) is 48.9 Å². The average Bonchev–Trinajstić information content (AvgIpc) is 3.11. The van der Waals surface area contributed by atoms with Crippen LogP contribution in [0.15, 0.2) is 17.2 Å². The number of nitrogens with zero attached hydrogens (tertiary/aromatic N) is 3. The molecule has 0 aliphatic carbocycles. The molecule has 2 unspecified atom stereocenters. The molecule has 2 atom stereocenters. The van der Waals surface area contributed by atoms with Gasteiger partial charge in [0.25, 0.3) is 0 Å². The monoisotopic (exact) mass is 390 g/mol. The zero-order valence-electron chi connectivity index (χ0n) is 16.9. The Kier molecular flexibility index (Phi) is 6.72. The lowest BCUT2D eigenvalue weighted by Crippen LogP contribution is -2.42. The van der Waals surface area contributed by atoms with Crippen LogP contribution in [0.25, 0.3) is 0 Å². The normalized spacial score (nSPS) is 21.6. The van der Waals surface area contributed by atoms with Crippen LogP contribution in [0, 0.1) is 16.0 Å². The number of fused-ring (bicyclic) bond motifs is 1. The summed E-state index contributed by atoms with van der Waals surface area (Å²) in [6.45, 7) is 7.65. The van der Waals surface area contributed by atoms with Crippen molar-refractivity contribution in [3.63, 3.8) is 0 Å². The topological polar surface area (TPSA) is 89.2 Å². The fourth-order valence-corrected chi connectivity index (χ4v) is 3.98. The van der Waals surface area contributed by atoms with Crippen molar-refractivity contribution in [2.24, 2.45) is 11.0 Å². The van der Waals surface area contributed by atoms with Crippen molar-refractivity contribution in [1.82, 2.24) is 10.3 Å². The molecular formula is C20H30N4O4. The number of nitro groups is 1. The van der Waals surface area contributed by atoms with Crippen molar-refractivity contribution >= 4 is 11.4 Å². The van der Waals surface area contributed by atoms with Crippen LogP contribution in [0.4, 0.5) is 5.69 Å². The molecule has 1 aromatic rings. The first-order valence-electron chi connectivity index (χ1n) is 10.1. The fraction of sp³-hybridized carbons (Fsp3) is 0.650. The first-order valence-corrected chi connectivity index (χ1v) is 10.1. The molecule has 3 rings (SSSR count). The molecule has 8 nitrogen and oxygen atoms in total. The van der Waals surface area contributed by atoms with Gasteiger partial charge in [0.15, 0.2) is 5.75 Å². The molecule has 1 saturated heterocycles. The standard InChI is InChI=1S/C20H30N4O4/c1-4-6-10-28-20-17(24(25)26)11-14(12-18(20)27-3)19-15-13-23(8-5-2)9-7-16(15)21-22-19/h11-12,15,19,22H,4-10,13H2,1-3H3. The SMILES string of the molecule is CCCCOc1c(OC)cc(C2NN=C3CCN(CCC)CC32)cc1[N+](=O)[O-]. The van der Waals surface area contributed by atoms with E-state index in [4.69, 9.17) is 9.47 Å². The predicted octanol–water partition coefficient (Wildman–Crippen LogP) is 3.51. The number of methoxy groups -OCH3 is 1. The number of hydrazone groups is 1. The van der Waals surface area contributed by atoms with Gasteiger partial charge in [0.2, 0.25) is 5.75 Å². The second kappa shape index (κ2) is 9.23. The number of nitro benzene ring substituents is 1. The zero-order chi connectivity index (χ0) is 20.1. The number of hydrogen-bond acceptors (Lipinski definition) is 7. The Morgan fingerprint density at radius 2 is 2.18 bits per heavy atom. The maximum atomic E-state index is 11.7. The number of benzene rings is 1. The Bertz CT molecular complexity index is 737. The second-order valence-electron chi connectivity index (χ2n) is 7.40. The molecule has 0 spiro atoms. The Balaban J connectivity index is 1.89. The molecule has 0 radical (unpaired) electrons. The van der Waals surface area contributed by atoms with Gasteiger partial charge in [0.1, 0.15) is 0 Å². The number of hydrogen-bond donors (Lipinski definition) is 1. The maximum absolute atomic E-state index is 11.7. The molecule has 0 bridgehead atoms. The van der Waals surface area contributed by atoms with E-state index in [1.165, 1.54) is 7.11 Å². The Morgan fingerprint density at radius 1 is 1.36 bits per heavy atom. The summed E-state index contributed by atoms with van der Waals surface area (Å²) in [6, 6.07) is 3.37. The van der Waals surface area contributed by atoms with Crippen LogP contribution in [0.3, 0.4) is 0 Å². The first kappa shape index (κ1) is 20.4. The van der Waals surface area contributed by atoms with Gasteiger partial charge in [-0.25, -0.2) is 0 Å². The molecule has 1 N–H and O–H groups in total. The van der Waals surface area contributed by atoms with E-state index in [0.29, 0.717) is 12.4 Å². The van der Waals surface area contributed by atoms with Crippen molar-refractivity contribution in [3.8, 4) is 11.5 Å². The van der Waals surface area contributed by atoms with Crippen LogP contribution in [0.2, 0.25) is 0 Å². The van der Waals surface area contributed by atoms with Gasteiger partial charge in [0.05, 0.1) is 24.7 Å². The minimum Gasteiger partial charge on any atom is -0.493 e. The largest absolute Gasteiger partial charge is 0.493 e. The lowest BCUT2D eigenvalue weighted by molar-refractivity contribution is -0.386. The molecule has 0 amide bonds. The molecule has 8 heteroatoms. The predicted molar refractivity (Wildman–Crippen MR) is 108 cm³/mol. The summed E-state index contributed by atoms with van der Waals surface area (Å²) in [4.78, 5) is 13.8. The van der Waals surface area contributed by atoms with Crippen molar-refractivity contribution in [2.75, 3.05) is 33.4 Å². The Morgan fingerprint density at radius 3 is 2.86 bits per heavy atom. The molecule has 28 heavy (non-hydrogen) atoms. The number of piperidine rings is 1. The van der Waals surface area contributed by atoms with Gasteiger partial charge in [-0.1, -0.05) is 20.3 Å². The van der Waals surface area contributed by atoms with Gasteiger partial charge in [-0.15, -0.1) is 0 Å². The van der Waals surface area contributed by atoms with Gasteiger partial charge in [0, 0.05) is 37.2 Å². The highest BCUT2D eigenvalue weighted by Crippen LogP contribution is 2.42. The summed E-state index contributed by atoms with van der Waals surface area (Å²) in [5.41, 5.74) is 5.12. The van der Waals surface area contributed by atoms with Crippen molar-refractivity contribution in [2.45, 2.75) is 45.6 Å². The van der Waals surface area contributed by atoms with Crippen molar-refractivity contribution in [1.29, 1.82) is 0 Å². The number of rotatable bonds is 9. The molecule has 2 aliphatic heterocycles. The van der Waals surface area contributed by atoms with Gasteiger partial charge >= 0.3 is 5.69 Å². The molecule has 1 aromatic carbocycles. The summed E-state index contributed by atoms with van der Waals surface area (Å²) in [6.07, 6.45) is 3.83. The maximum Gasteiger partial charge on any atom is 0.315 e. The van der Waals surface area contributed by atoms with E-state index in [1.54, 1.807) is 6.07 Å². The number of unbranched alkanes of at least 4 members (excludes halogenated alkanes) is 1. The lowest BCUT2D eigenvalue weighted by atomic mass is 9.86. The number of nitrogens with one attached hydrogen (secondary N) is 1. The summed E-state index contributed by atoms with van der Waals surface area (Å²) in [7, 11) is 1.52. The van der Waals surface area contributed by atoms with E-state index in [1.807, 2.05) is 13.0 Å². The third kappa shape index (κ3) is 4.22. The first-order chi connectivity index (χ1) is 13.6. The third-order valence-corrected chi connectivity index (χ3v) is 5.43. The van der Waals surface area contributed by atoms with E-state index in [0.717, 1.165) is 56.6 Å². The highest BCUT2D eigenvalue weighted by molar-refractivity contribution is 5.90. The number of likely N-dealkylation sites (tertiary alicyclic amines) is 1. The van der Waals surface area contributed by atoms with Gasteiger partial charge in [-0.3, -0.25) is 10.1 Å². The second-order valence-corrected chi connectivity index (χ2v) is 7.40. The molecule has 2 aliphatic rings.